The predicted octanol–water partition coefficient (Wildman–Crippen LogP) is 4.79. The fourth-order valence-corrected chi connectivity index (χ4v) is 8.37. The van der Waals surface area contributed by atoms with Crippen LogP contribution in [0.2, 0.25) is 0 Å². The van der Waals surface area contributed by atoms with Crippen molar-refractivity contribution in [2.24, 2.45) is 28.6 Å². The molecule has 7 atom stereocenters. The Kier molecular flexibility index (Phi) is 11.4. The molecule has 2 fully saturated rings. The number of unbranched alkanes of at least 4 members (excludes halogenated alkanes) is 8. The van der Waals surface area contributed by atoms with E-state index in [9.17, 15) is 30.0 Å². The number of fused-ring (bicyclic) bond motifs is 1. The molecule has 5 N–H and O–H groups in total. The first-order chi connectivity index (χ1) is 18.1. The molecule has 3 aliphatic rings. The molecule has 0 aromatic rings. The molecule has 7 heteroatoms. The van der Waals surface area contributed by atoms with Gasteiger partial charge in [-0.05, 0) is 74.2 Å². The van der Waals surface area contributed by atoms with Gasteiger partial charge >= 0.3 is 5.97 Å². The van der Waals surface area contributed by atoms with Crippen LogP contribution in [0.25, 0.3) is 0 Å². The quantitative estimate of drug-likeness (QED) is 0.126. The molecule has 2 bridgehead atoms. The first-order valence-corrected chi connectivity index (χ1v) is 15.2. The van der Waals surface area contributed by atoms with Gasteiger partial charge in [-0.3, -0.25) is 0 Å². The number of carbonyl (C=O) groups is 2. The lowest BCUT2D eigenvalue weighted by Crippen LogP contribution is -2.45. The van der Waals surface area contributed by atoms with E-state index in [1.54, 1.807) is 0 Å². The van der Waals surface area contributed by atoms with Gasteiger partial charge in [0.05, 0.1) is 18.3 Å². The predicted molar refractivity (Wildman–Crippen MR) is 146 cm³/mol. The third-order valence-corrected chi connectivity index (χ3v) is 10.4. The first kappa shape index (κ1) is 31.3. The third kappa shape index (κ3) is 6.37. The molecule has 0 saturated heterocycles. The smallest absolute Gasteiger partial charge is 0.331 e. The van der Waals surface area contributed by atoms with E-state index < -0.39 is 29.7 Å². The summed E-state index contributed by atoms with van der Waals surface area (Å²) in [5, 5.41) is 51.0. The maximum atomic E-state index is 12.4. The third-order valence-electron chi connectivity index (χ3n) is 10.4. The van der Waals surface area contributed by atoms with E-state index in [1.807, 2.05) is 0 Å². The lowest BCUT2D eigenvalue weighted by Gasteiger charge is -2.43. The Bertz CT molecular complexity index is 821. The molecule has 2 saturated carbocycles. The number of hydrogen-bond donors (Lipinski definition) is 5. The minimum absolute atomic E-state index is 0.125. The van der Waals surface area contributed by atoms with Gasteiger partial charge in [-0.2, -0.15) is 0 Å². The summed E-state index contributed by atoms with van der Waals surface area (Å²) >= 11 is 0. The normalized spacial score (nSPS) is 31.3. The highest BCUT2D eigenvalue weighted by Gasteiger charge is 2.70. The SMILES string of the molecule is CC1(C)C2CC3(C(C=O)CCC13)C(O)C(CCCCCCCC(O)C(O)CCCCCCCO)=C2C(=O)O. The molecule has 0 radical (unpaired) electrons. The van der Waals surface area contributed by atoms with Gasteiger partial charge in [0.1, 0.15) is 6.29 Å². The van der Waals surface area contributed by atoms with Crippen molar-refractivity contribution in [1.29, 1.82) is 0 Å². The van der Waals surface area contributed by atoms with Crippen LogP contribution in [0.5, 0.6) is 0 Å². The van der Waals surface area contributed by atoms with Crippen molar-refractivity contribution in [3.8, 4) is 0 Å². The Morgan fingerprint density at radius 3 is 2.03 bits per heavy atom. The summed E-state index contributed by atoms with van der Waals surface area (Å²) in [6, 6.07) is 0. The molecule has 7 unspecified atom stereocenters. The van der Waals surface area contributed by atoms with Crippen molar-refractivity contribution in [2.45, 2.75) is 135 Å². The van der Waals surface area contributed by atoms with Gasteiger partial charge in [0.25, 0.3) is 0 Å². The highest BCUT2D eigenvalue weighted by atomic mass is 16.4. The fourth-order valence-electron chi connectivity index (χ4n) is 8.37. The average molecular weight is 537 g/mol. The van der Waals surface area contributed by atoms with Crippen LogP contribution in [-0.4, -0.2) is 62.7 Å². The second-order valence-corrected chi connectivity index (χ2v) is 12.9. The number of carbonyl (C=O) groups excluding carboxylic acids is 1. The van der Waals surface area contributed by atoms with Gasteiger partial charge in [0, 0.05) is 23.5 Å². The summed E-state index contributed by atoms with van der Waals surface area (Å²) in [6.07, 6.45) is 12.0. The monoisotopic (exact) mass is 536 g/mol. The lowest BCUT2D eigenvalue weighted by atomic mass is 9.63. The molecule has 0 heterocycles. The van der Waals surface area contributed by atoms with Crippen LogP contribution in [0.4, 0.5) is 0 Å². The minimum atomic E-state index is -0.924. The zero-order chi connectivity index (χ0) is 27.9. The van der Waals surface area contributed by atoms with Gasteiger partial charge < -0.3 is 30.3 Å². The standard InChI is InChI=1S/C31H52O7/c1-30(2)23-19-31(21(20-33)16-17-26(30)31)28(36)22(27(23)29(37)38)13-9-5-3-6-10-14-24(34)25(35)15-11-7-4-8-12-18-32/h20-21,23-26,28,32,34-36H,3-19H2,1-2H3,(H,37,38). The Labute approximate surface area is 228 Å². The Morgan fingerprint density at radius 1 is 0.921 bits per heavy atom. The zero-order valence-corrected chi connectivity index (χ0v) is 23.6. The van der Waals surface area contributed by atoms with Crippen molar-refractivity contribution in [3.05, 3.63) is 11.1 Å². The summed E-state index contributed by atoms with van der Waals surface area (Å²) in [6.45, 7) is 4.48. The second kappa shape index (κ2) is 13.9. The molecule has 0 aromatic heterocycles. The van der Waals surface area contributed by atoms with Crippen LogP contribution in [0.3, 0.4) is 0 Å². The molecule has 0 aromatic carbocycles. The van der Waals surface area contributed by atoms with Gasteiger partial charge in [-0.25, -0.2) is 4.79 Å². The Balaban J connectivity index is 1.44. The fraction of sp³-hybridized carbons (Fsp3) is 0.871. The number of aliphatic carboxylic acids is 1. The van der Waals surface area contributed by atoms with E-state index in [-0.39, 0.29) is 29.8 Å². The summed E-state index contributed by atoms with van der Waals surface area (Å²) in [5.41, 5.74) is 0.297. The van der Waals surface area contributed by atoms with Crippen LogP contribution < -0.4 is 0 Å². The van der Waals surface area contributed by atoms with Gasteiger partial charge in [-0.15, -0.1) is 0 Å². The number of aldehydes is 1. The number of aliphatic hydroxyl groups excluding tert-OH is 4. The molecule has 7 nitrogen and oxygen atoms in total. The highest BCUT2D eigenvalue weighted by molar-refractivity contribution is 5.89. The van der Waals surface area contributed by atoms with Crippen LogP contribution in [-0.2, 0) is 9.59 Å². The van der Waals surface area contributed by atoms with E-state index in [0.29, 0.717) is 36.8 Å². The van der Waals surface area contributed by atoms with Gasteiger partial charge in [0.15, 0.2) is 0 Å². The molecule has 218 valence electrons. The number of aliphatic hydroxyl groups is 4. The Morgan fingerprint density at radius 2 is 1.47 bits per heavy atom. The molecule has 0 aliphatic heterocycles. The number of carboxylic acids is 1. The van der Waals surface area contributed by atoms with Crippen LogP contribution >= 0.6 is 0 Å². The van der Waals surface area contributed by atoms with Crippen molar-refractivity contribution in [3.63, 3.8) is 0 Å². The van der Waals surface area contributed by atoms with E-state index in [2.05, 4.69) is 13.8 Å². The molecule has 0 amide bonds. The zero-order valence-electron chi connectivity index (χ0n) is 23.6. The highest BCUT2D eigenvalue weighted by Crippen LogP contribution is 2.72. The summed E-state index contributed by atoms with van der Waals surface area (Å²) in [4.78, 5) is 24.4. The van der Waals surface area contributed by atoms with Gasteiger partial charge in [-0.1, -0.05) is 65.2 Å². The topological polar surface area (TPSA) is 135 Å². The van der Waals surface area contributed by atoms with E-state index in [4.69, 9.17) is 5.11 Å². The molecule has 1 spiro atoms. The molecule has 3 rings (SSSR count). The summed E-state index contributed by atoms with van der Waals surface area (Å²) in [5.74, 6) is -1.10. The maximum absolute atomic E-state index is 12.4. The summed E-state index contributed by atoms with van der Waals surface area (Å²) < 4.78 is 0. The van der Waals surface area contributed by atoms with Crippen molar-refractivity contribution < 1.29 is 35.1 Å². The average Bonchev–Trinajstić information content (AvgIpc) is 3.35. The van der Waals surface area contributed by atoms with E-state index in [1.165, 1.54) is 0 Å². The number of hydrogen-bond acceptors (Lipinski definition) is 6. The molecular weight excluding hydrogens is 484 g/mol. The largest absolute Gasteiger partial charge is 0.478 e. The van der Waals surface area contributed by atoms with Crippen molar-refractivity contribution >= 4 is 12.3 Å². The Hall–Kier alpha value is -1.28. The van der Waals surface area contributed by atoms with Crippen LogP contribution in [0, 0.1) is 28.6 Å². The molecular formula is C31H52O7. The molecule has 38 heavy (non-hydrogen) atoms. The first-order valence-electron chi connectivity index (χ1n) is 15.2. The van der Waals surface area contributed by atoms with Crippen molar-refractivity contribution in [1.82, 2.24) is 0 Å². The maximum Gasteiger partial charge on any atom is 0.331 e. The van der Waals surface area contributed by atoms with Crippen molar-refractivity contribution in [2.75, 3.05) is 6.61 Å². The van der Waals surface area contributed by atoms with E-state index in [0.717, 1.165) is 83.3 Å². The van der Waals surface area contributed by atoms with E-state index >= 15 is 0 Å². The summed E-state index contributed by atoms with van der Waals surface area (Å²) in [7, 11) is 0. The lowest BCUT2D eigenvalue weighted by molar-refractivity contribution is -0.134. The van der Waals surface area contributed by atoms with Gasteiger partial charge in [0.2, 0.25) is 0 Å². The van der Waals surface area contributed by atoms with Crippen LogP contribution in [0.15, 0.2) is 11.1 Å². The number of rotatable bonds is 18. The van der Waals surface area contributed by atoms with Crippen LogP contribution in [0.1, 0.15) is 117 Å². The number of carboxylic acid groups (broad SMARTS) is 1. The second-order valence-electron chi connectivity index (χ2n) is 12.9. The minimum Gasteiger partial charge on any atom is -0.478 e. The molecule has 3 aliphatic carbocycles.